The highest BCUT2D eigenvalue weighted by atomic mass is 14.5. The van der Waals surface area contributed by atoms with Crippen LogP contribution < -0.4 is 0 Å². The first-order chi connectivity index (χ1) is 8.81. The van der Waals surface area contributed by atoms with Gasteiger partial charge in [-0.15, -0.1) is 0 Å². The quantitative estimate of drug-likeness (QED) is 0.570. The van der Waals surface area contributed by atoms with Crippen LogP contribution in [0, 0.1) is 29.6 Å². The van der Waals surface area contributed by atoms with Crippen LogP contribution in [0.4, 0.5) is 0 Å². The molecule has 0 spiro atoms. The largest absolute Gasteiger partial charge is 0.0999 e. The van der Waals surface area contributed by atoms with Crippen LogP contribution in [0.25, 0.3) is 0 Å². The molecule has 0 nitrogen and oxygen atoms in total. The van der Waals surface area contributed by atoms with Gasteiger partial charge in [-0.25, -0.2) is 0 Å². The van der Waals surface area contributed by atoms with Crippen molar-refractivity contribution in [3.05, 3.63) is 12.2 Å². The second-order valence-corrected chi connectivity index (χ2v) is 7.20. The third kappa shape index (κ3) is 2.17. The highest BCUT2D eigenvalue weighted by Gasteiger charge is 2.50. The van der Waals surface area contributed by atoms with Crippen LogP contribution in [0.5, 0.6) is 0 Å². The number of allylic oxidation sites excluding steroid dienone is 1. The Bertz CT molecular complexity index is 281. The summed E-state index contributed by atoms with van der Waals surface area (Å²) in [6.07, 6.45) is 14.8. The molecule has 0 bridgehead atoms. The van der Waals surface area contributed by atoms with Gasteiger partial charge in [0.25, 0.3) is 0 Å². The number of hydrogen-bond acceptors (Lipinski definition) is 0. The van der Waals surface area contributed by atoms with Crippen LogP contribution >= 0.6 is 0 Å². The number of hydrogen-bond donors (Lipinski definition) is 0. The summed E-state index contributed by atoms with van der Waals surface area (Å²) in [7, 11) is 0. The Balaban J connectivity index is 1.78. The predicted octanol–water partition coefficient (Wildman–Crippen LogP) is 5.59. The van der Waals surface area contributed by atoms with Crippen molar-refractivity contribution in [3.63, 3.8) is 0 Å². The van der Waals surface area contributed by atoms with E-state index in [1.54, 1.807) is 25.7 Å². The van der Waals surface area contributed by atoms with E-state index >= 15 is 0 Å². The van der Waals surface area contributed by atoms with Gasteiger partial charge in [0.05, 0.1) is 0 Å². The molecule has 0 aromatic rings. The van der Waals surface area contributed by atoms with E-state index < -0.39 is 0 Å². The van der Waals surface area contributed by atoms with Crippen LogP contribution in [0.2, 0.25) is 0 Å². The Labute approximate surface area is 113 Å². The second kappa shape index (κ2) is 5.39. The molecule has 3 aliphatic rings. The van der Waals surface area contributed by atoms with Gasteiger partial charge in [-0.1, -0.05) is 44.8 Å². The average molecular weight is 246 g/mol. The summed E-state index contributed by atoms with van der Waals surface area (Å²) < 4.78 is 0. The molecule has 0 radical (unpaired) electrons. The Morgan fingerprint density at radius 1 is 0.833 bits per heavy atom. The van der Waals surface area contributed by atoms with Gasteiger partial charge >= 0.3 is 0 Å². The molecule has 0 amide bonds. The lowest BCUT2D eigenvalue weighted by atomic mass is 9.73. The van der Waals surface area contributed by atoms with Crippen LogP contribution in [0.15, 0.2) is 12.2 Å². The molecule has 4 unspecified atom stereocenters. The van der Waals surface area contributed by atoms with E-state index in [4.69, 9.17) is 0 Å². The van der Waals surface area contributed by atoms with Gasteiger partial charge in [0.1, 0.15) is 0 Å². The molecular formula is C18H30. The van der Waals surface area contributed by atoms with Crippen molar-refractivity contribution in [2.24, 2.45) is 29.6 Å². The summed E-state index contributed by atoms with van der Waals surface area (Å²) >= 11 is 0. The second-order valence-electron chi connectivity index (χ2n) is 7.20. The summed E-state index contributed by atoms with van der Waals surface area (Å²) in [5.74, 6) is 5.40. The molecule has 3 rings (SSSR count). The van der Waals surface area contributed by atoms with Gasteiger partial charge in [0, 0.05) is 0 Å². The first-order valence-electron chi connectivity index (χ1n) is 8.48. The topological polar surface area (TPSA) is 0 Å². The first-order valence-corrected chi connectivity index (χ1v) is 8.48. The molecule has 102 valence electrons. The van der Waals surface area contributed by atoms with Gasteiger partial charge < -0.3 is 0 Å². The first kappa shape index (κ1) is 12.8. The third-order valence-electron chi connectivity index (χ3n) is 6.42. The van der Waals surface area contributed by atoms with Crippen LogP contribution in [0.1, 0.15) is 71.1 Å². The molecule has 0 heterocycles. The molecule has 0 saturated heterocycles. The van der Waals surface area contributed by atoms with Crippen molar-refractivity contribution in [3.8, 4) is 0 Å². The normalized spacial score (nSPS) is 43.3. The van der Waals surface area contributed by atoms with E-state index in [0.29, 0.717) is 0 Å². The minimum Gasteiger partial charge on any atom is -0.0999 e. The zero-order valence-corrected chi connectivity index (χ0v) is 12.2. The highest BCUT2D eigenvalue weighted by Crippen LogP contribution is 2.58. The fourth-order valence-electron chi connectivity index (χ4n) is 5.60. The summed E-state index contributed by atoms with van der Waals surface area (Å²) in [6, 6.07) is 0. The lowest BCUT2D eigenvalue weighted by Crippen LogP contribution is -2.22. The van der Waals surface area contributed by atoms with Crippen molar-refractivity contribution < 1.29 is 0 Å². The minimum atomic E-state index is 1.02. The summed E-state index contributed by atoms with van der Waals surface area (Å²) in [4.78, 5) is 0. The fourth-order valence-corrected chi connectivity index (χ4v) is 5.60. The average Bonchev–Trinajstić information content (AvgIpc) is 2.74. The van der Waals surface area contributed by atoms with E-state index in [0.717, 1.165) is 29.6 Å². The maximum Gasteiger partial charge on any atom is -0.0289 e. The fraction of sp³-hybridized carbons (Fsp3) is 0.889. The van der Waals surface area contributed by atoms with Crippen LogP contribution in [-0.4, -0.2) is 0 Å². The molecule has 0 aromatic heterocycles. The Morgan fingerprint density at radius 2 is 1.28 bits per heavy atom. The monoisotopic (exact) mass is 246 g/mol. The van der Waals surface area contributed by atoms with Gasteiger partial charge in [0.15, 0.2) is 0 Å². The Morgan fingerprint density at radius 3 is 1.72 bits per heavy atom. The van der Waals surface area contributed by atoms with Crippen molar-refractivity contribution in [2.45, 2.75) is 71.1 Å². The molecule has 0 heteroatoms. The molecular weight excluding hydrogens is 216 g/mol. The van der Waals surface area contributed by atoms with Crippen LogP contribution in [-0.2, 0) is 0 Å². The van der Waals surface area contributed by atoms with Gasteiger partial charge in [-0.05, 0) is 68.1 Å². The Kier molecular flexibility index (Phi) is 3.82. The maximum atomic E-state index is 4.31. The molecule has 4 atom stereocenters. The predicted molar refractivity (Wildman–Crippen MR) is 78.4 cm³/mol. The SMILES string of the molecule is C=C(CC)CC1C2CCCCC2C2CCCCC21. The molecule has 0 aromatic carbocycles. The van der Waals surface area contributed by atoms with Crippen molar-refractivity contribution in [1.82, 2.24) is 0 Å². The zero-order chi connectivity index (χ0) is 12.5. The lowest BCUT2D eigenvalue weighted by Gasteiger charge is -2.32. The van der Waals surface area contributed by atoms with Gasteiger partial charge in [-0.2, -0.15) is 0 Å². The number of fused-ring (bicyclic) bond motifs is 3. The zero-order valence-electron chi connectivity index (χ0n) is 12.2. The lowest BCUT2D eigenvalue weighted by molar-refractivity contribution is 0.184. The Hall–Kier alpha value is -0.260. The van der Waals surface area contributed by atoms with Crippen molar-refractivity contribution >= 4 is 0 Å². The minimum absolute atomic E-state index is 1.02. The maximum absolute atomic E-state index is 4.31. The van der Waals surface area contributed by atoms with Crippen LogP contribution in [0.3, 0.4) is 0 Å². The summed E-state index contributed by atoms with van der Waals surface area (Å²) in [5.41, 5.74) is 1.52. The summed E-state index contributed by atoms with van der Waals surface area (Å²) in [6.45, 7) is 6.60. The highest BCUT2D eigenvalue weighted by molar-refractivity contribution is 5.05. The molecule has 0 N–H and O–H groups in total. The summed E-state index contributed by atoms with van der Waals surface area (Å²) in [5, 5.41) is 0. The van der Waals surface area contributed by atoms with Crippen molar-refractivity contribution in [2.75, 3.05) is 0 Å². The van der Waals surface area contributed by atoms with E-state index in [1.165, 1.54) is 44.1 Å². The van der Waals surface area contributed by atoms with E-state index in [-0.39, 0.29) is 0 Å². The number of rotatable bonds is 3. The molecule has 3 fully saturated rings. The molecule has 18 heavy (non-hydrogen) atoms. The standard InChI is InChI=1S/C18H30/c1-3-13(2)12-18-16-10-6-4-8-14(16)15-9-5-7-11-17(15)18/h14-18H,2-12H2,1H3. The molecule has 3 saturated carbocycles. The smallest absolute Gasteiger partial charge is 0.0289 e. The van der Waals surface area contributed by atoms with Gasteiger partial charge in [0.2, 0.25) is 0 Å². The van der Waals surface area contributed by atoms with E-state index in [9.17, 15) is 0 Å². The van der Waals surface area contributed by atoms with E-state index in [2.05, 4.69) is 13.5 Å². The third-order valence-corrected chi connectivity index (χ3v) is 6.42. The van der Waals surface area contributed by atoms with E-state index in [1.807, 2.05) is 0 Å². The van der Waals surface area contributed by atoms with Gasteiger partial charge in [-0.3, -0.25) is 0 Å². The molecule has 3 aliphatic carbocycles. The molecule has 0 aliphatic heterocycles. The van der Waals surface area contributed by atoms with Crippen molar-refractivity contribution in [1.29, 1.82) is 0 Å².